The second-order valence-electron chi connectivity index (χ2n) is 8.80. The van der Waals surface area contributed by atoms with Crippen LogP contribution in [0, 0.1) is 5.82 Å². The third-order valence-electron chi connectivity index (χ3n) is 6.42. The number of aromatic nitrogens is 1. The van der Waals surface area contributed by atoms with Crippen molar-refractivity contribution in [2.75, 3.05) is 36.5 Å². The van der Waals surface area contributed by atoms with Crippen LogP contribution in [0.2, 0.25) is 0 Å². The first-order valence-electron chi connectivity index (χ1n) is 11.9. The fourth-order valence-electron chi connectivity index (χ4n) is 4.57. The van der Waals surface area contributed by atoms with Crippen LogP contribution >= 0.6 is 0 Å². The molecule has 7 nitrogen and oxygen atoms in total. The monoisotopic (exact) mass is 464 g/mol. The summed E-state index contributed by atoms with van der Waals surface area (Å²) in [5.41, 5.74) is 0.564. The van der Waals surface area contributed by atoms with Crippen molar-refractivity contribution in [1.82, 2.24) is 10.3 Å². The van der Waals surface area contributed by atoms with Gasteiger partial charge in [-0.1, -0.05) is 18.2 Å². The number of carbonyl (C=O) groups is 1. The van der Waals surface area contributed by atoms with E-state index >= 15 is 0 Å². The molecule has 0 radical (unpaired) electrons. The summed E-state index contributed by atoms with van der Waals surface area (Å²) in [5.74, 6) is 1.26. The maximum Gasteiger partial charge on any atom is 0.319 e. The molecule has 1 aliphatic heterocycles. The second kappa shape index (κ2) is 10.3. The Morgan fingerprint density at radius 3 is 2.53 bits per heavy atom. The van der Waals surface area contributed by atoms with Crippen molar-refractivity contribution in [3.05, 3.63) is 60.4 Å². The number of amides is 2. The minimum Gasteiger partial charge on any atom is -0.474 e. The maximum atomic E-state index is 13.0. The summed E-state index contributed by atoms with van der Waals surface area (Å²) in [6.07, 6.45) is 3.36. The molecule has 0 atom stereocenters. The molecule has 0 bridgehead atoms. The van der Waals surface area contributed by atoms with E-state index in [9.17, 15) is 9.18 Å². The lowest BCUT2D eigenvalue weighted by molar-refractivity contribution is 0.121. The van der Waals surface area contributed by atoms with Gasteiger partial charge in [0.1, 0.15) is 17.7 Å². The number of carbonyl (C=O) groups excluding carboxylic acids is 1. The number of anilines is 2. The number of benzene rings is 2. The largest absolute Gasteiger partial charge is 0.474 e. The molecular weight excluding hydrogens is 435 g/mol. The van der Waals surface area contributed by atoms with Crippen molar-refractivity contribution >= 4 is 28.3 Å². The minimum absolute atomic E-state index is 0.0501. The van der Waals surface area contributed by atoms with Crippen molar-refractivity contribution in [2.24, 2.45) is 0 Å². The quantitative estimate of drug-likeness (QED) is 0.571. The Morgan fingerprint density at radius 1 is 1.03 bits per heavy atom. The SMILES string of the molecule is O=C(Nc1ccc(F)cc1)N[C@H]1CC[C@@H](Oc2nc(N3CCOCC3)cc3ccccc23)CC1. The number of nitrogens with zero attached hydrogens (tertiary/aromatic N) is 2. The number of pyridine rings is 1. The fourth-order valence-corrected chi connectivity index (χ4v) is 4.57. The summed E-state index contributed by atoms with van der Waals surface area (Å²) >= 11 is 0. The van der Waals surface area contributed by atoms with Crippen molar-refractivity contribution in [3.8, 4) is 5.88 Å². The normalized spacial score (nSPS) is 20.7. The first-order valence-corrected chi connectivity index (χ1v) is 11.9. The lowest BCUT2D eigenvalue weighted by Gasteiger charge is -2.31. The standard InChI is InChI=1S/C26H29FN4O3/c27-19-5-7-20(8-6-19)28-26(32)29-21-9-11-22(12-10-21)34-25-23-4-2-1-3-18(23)17-24(30-25)31-13-15-33-16-14-31/h1-8,17,21-22H,9-16H2,(H2,28,29,32)/t21-,22+. The Bertz CT molecular complexity index is 1130. The summed E-state index contributed by atoms with van der Waals surface area (Å²) in [5, 5.41) is 7.89. The average Bonchev–Trinajstić information content (AvgIpc) is 2.87. The van der Waals surface area contributed by atoms with E-state index in [1.165, 1.54) is 12.1 Å². The predicted molar refractivity (Wildman–Crippen MR) is 130 cm³/mol. The average molecular weight is 465 g/mol. The van der Waals surface area contributed by atoms with E-state index in [4.69, 9.17) is 14.5 Å². The van der Waals surface area contributed by atoms with Gasteiger partial charge in [0.15, 0.2) is 0 Å². The minimum atomic E-state index is -0.331. The van der Waals surface area contributed by atoms with Gasteiger partial charge in [-0.15, -0.1) is 0 Å². The van der Waals surface area contributed by atoms with Crippen molar-refractivity contribution in [2.45, 2.75) is 37.8 Å². The van der Waals surface area contributed by atoms with Crippen molar-refractivity contribution < 1.29 is 18.7 Å². The summed E-state index contributed by atoms with van der Waals surface area (Å²) in [6.45, 7) is 3.05. The first-order chi connectivity index (χ1) is 16.6. The molecule has 1 aromatic heterocycles. The van der Waals surface area contributed by atoms with Gasteiger partial charge in [0.25, 0.3) is 0 Å². The number of urea groups is 1. The van der Waals surface area contributed by atoms with Crippen LogP contribution in [0.25, 0.3) is 10.8 Å². The Balaban J connectivity index is 1.20. The van der Waals surface area contributed by atoms with Gasteiger partial charge in [0, 0.05) is 30.2 Å². The van der Waals surface area contributed by atoms with E-state index in [2.05, 4.69) is 27.7 Å². The number of morpholine rings is 1. The molecule has 1 saturated carbocycles. The Labute approximate surface area is 198 Å². The summed E-state index contributed by atoms with van der Waals surface area (Å²) in [7, 11) is 0. The number of rotatable bonds is 5. The molecule has 2 aromatic carbocycles. The van der Waals surface area contributed by atoms with Crippen LogP contribution in [0.4, 0.5) is 20.7 Å². The molecule has 1 aliphatic carbocycles. The van der Waals surface area contributed by atoms with Gasteiger partial charge >= 0.3 is 6.03 Å². The smallest absolute Gasteiger partial charge is 0.319 e. The highest BCUT2D eigenvalue weighted by Gasteiger charge is 2.25. The molecule has 5 rings (SSSR count). The van der Waals surface area contributed by atoms with E-state index in [-0.39, 0.29) is 24.0 Å². The topological polar surface area (TPSA) is 75.7 Å². The molecule has 3 aromatic rings. The molecule has 2 aliphatic rings. The Hall–Kier alpha value is -3.39. The zero-order chi connectivity index (χ0) is 23.3. The highest BCUT2D eigenvalue weighted by Crippen LogP contribution is 2.31. The fraction of sp³-hybridized carbons (Fsp3) is 0.385. The zero-order valence-electron chi connectivity index (χ0n) is 19.0. The molecule has 0 spiro atoms. The number of hydrogen-bond acceptors (Lipinski definition) is 5. The van der Waals surface area contributed by atoms with Gasteiger partial charge in [-0.3, -0.25) is 0 Å². The van der Waals surface area contributed by atoms with Crippen molar-refractivity contribution in [1.29, 1.82) is 0 Å². The highest BCUT2D eigenvalue weighted by molar-refractivity contribution is 5.90. The van der Waals surface area contributed by atoms with Crippen LogP contribution in [0.3, 0.4) is 0 Å². The Morgan fingerprint density at radius 2 is 1.76 bits per heavy atom. The van der Waals surface area contributed by atoms with E-state index in [0.717, 1.165) is 55.4 Å². The van der Waals surface area contributed by atoms with E-state index in [1.807, 2.05) is 18.2 Å². The van der Waals surface area contributed by atoms with Gasteiger partial charge in [-0.05, 0) is 67.5 Å². The van der Waals surface area contributed by atoms with E-state index in [0.29, 0.717) is 24.8 Å². The number of fused-ring (bicyclic) bond motifs is 1. The van der Waals surface area contributed by atoms with Crippen LogP contribution in [0.5, 0.6) is 5.88 Å². The number of halogens is 1. The maximum absolute atomic E-state index is 13.0. The molecular formula is C26H29FN4O3. The van der Waals surface area contributed by atoms with Crippen LogP contribution in [-0.4, -0.2) is 49.5 Å². The molecule has 34 heavy (non-hydrogen) atoms. The van der Waals surface area contributed by atoms with Gasteiger partial charge in [-0.25, -0.2) is 9.18 Å². The van der Waals surface area contributed by atoms with Gasteiger partial charge in [0.05, 0.1) is 13.2 Å². The van der Waals surface area contributed by atoms with Gasteiger partial charge in [-0.2, -0.15) is 4.98 Å². The van der Waals surface area contributed by atoms with Gasteiger partial charge in [0.2, 0.25) is 5.88 Å². The number of nitrogens with one attached hydrogen (secondary N) is 2. The number of ether oxygens (including phenoxy) is 2. The van der Waals surface area contributed by atoms with Crippen LogP contribution in [0.15, 0.2) is 54.6 Å². The molecule has 0 unspecified atom stereocenters. The highest BCUT2D eigenvalue weighted by atomic mass is 19.1. The van der Waals surface area contributed by atoms with Gasteiger partial charge < -0.3 is 25.0 Å². The summed E-state index contributed by atoms with van der Waals surface area (Å²) in [6, 6.07) is 15.8. The molecule has 1 saturated heterocycles. The lowest BCUT2D eigenvalue weighted by atomic mass is 9.93. The van der Waals surface area contributed by atoms with E-state index < -0.39 is 0 Å². The molecule has 178 valence electrons. The molecule has 2 fully saturated rings. The molecule has 8 heteroatoms. The van der Waals surface area contributed by atoms with Crippen molar-refractivity contribution in [3.63, 3.8) is 0 Å². The summed E-state index contributed by atoms with van der Waals surface area (Å²) < 4.78 is 25.0. The molecule has 2 amide bonds. The summed E-state index contributed by atoms with van der Waals surface area (Å²) in [4.78, 5) is 19.4. The Kier molecular flexibility index (Phi) is 6.76. The van der Waals surface area contributed by atoms with E-state index in [1.54, 1.807) is 12.1 Å². The van der Waals surface area contributed by atoms with Crippen LogP contribution < -0.4 is 20.3 Å². The first kappa shape index (κ1) is 22.4. The lowest BCUT2D eigenvalue weighted by Crippen LogP contribution is -2.41. The third kappa shape index (κ3) is 5.39. The third-order valence-corrected chi connectivity index (χ3v) is 6.42. The molecule has 2 heterocycles. The second-order valence-corrected chi connectivity index (χ2v) is 8.80. The van der Waals surface area contributed by atoms with Crippen LogP contribution in [-0.2, 0) is 4.74 Å². The molecule has 2 N–H and O–H groups in total. The van der Waals surface area contributed by atoms with Crippen LogP contribution in [0.1, 0.15) is 25.7 Å². The predicted octanol–water partition coefficient (Wildman–Crippen LogP) is 4.72. The zero-order valence-corrected chi connectivity index (χ0v) is 19.0. The number of hydrogen-bond donors (Lipinski definition) is 2.